The van der Waals surface area contributed by atoms with Crippen LogP contribution < -0.4 is 10.6 Å². The molecule has 1 aliphatic heterocycles. The number of aliphatic hydroxyl groups excluding tert-OH is 1. The van der Waals surface area contributed by atoms with Gasteiger partial charge in [0.25, 0.3) is 0 Å². The Morgan fingerprint density at radius 3 is 2.37 bits per heavy atom. The molecule has 3 N–H and O–H groups in total. The van der Waals surface area contributed by atoms with E-state index in [1.165, 1.54) is 12.5 Å². The number of unbranched alkanes of at least 4 members (excludes halogenated alkanes) is 2. The fourth-order valence-corrected chi connectivity index (χ4v) is 5.43. The molecular formula is C35H45N3O5. The molecule has 43 heavy (non-hydrogen) atoms. The number of nitrogens with zero attached hydrogens (tertiary/aromatic N) is 1. The number of rotatable bonds is 14. The second-order valence-corrected chi connectivity index (χ2v) is 11.5. The van der Waals surface area contributed by atoms with E-state index in [9.17, 15) is 14.7 Å². The molecular weight excluding hydrogens is 542 g/mol. The number of aliphatic hydroxyl groups is 1. The minimum atomic E-state index is -0.612. The number of ether oxygens (including phenoxy) is 2. The molecule has 2 amide bonds. The molecule has 3 aromatic rings. The van der Waals surface area contributed by atoms with Crippen LogP contribution in [0.4, 0.5) is 5.69 Å². The lowest BCUT2D eigenvalue weighted by Crippen LogP contribution is -2.43. The average Bonchev–Trinajstić information content (AvgIpc) is 3.00. The van der Waals surface area contributed by atoms with E-state index in [0.29, 0.717) is 18.7 Å². The highest BCUT2D eigenvalue weighted by molar-refractivity contribution is 5.90. The van der Waals surface area contributed by atoms with E-state index < -0.39 is 6.29 Å². The summed E-state index contributed by atoms with van der Waals surface area (Å²) in [7, 11) is 2.11. The Hall–Kier alpha value is -3.56. The third-order valence-electron chi connectivity index (χ3n) is 7.81. The molecule has 230 valence electrons. The fraction of sp³-hybridized carbons (Fsp3) is 0.429. The smallest absolute Gasteiger partial charge is 0.224 e. The van der Waals surface area contributed by atoms with Crippen LogP contribution in [0.15, 0.2) is 78.9 Å². The molecule has 4 rings (SSSR count). The van der Waals surface area contributed by atoms with E-state index >= 15 is 0 Å². The van der Waals surface area contributed by atoms with Crippen LogP contribution in [-0.2, 0) is 32.2 Å². The minimum absolute atomic E-state index is 0.00438. The van der Waals surface area contributed by atoms with Gasteiger partial charge in [0.05, 0.1) is 18.8 Å². The van der Waals surface area contributed by atoms with Gasteiger partial charge in [-0.15, -0.1) is 0 Å². The fourth-order valence-electron chi connectivity index (χ4n) is 5.43. The Balaban J connectivity index is 1.44. The van der Waals surface area contributed by atoms with E-state index in [2.05, 4.69) is 53.8 Å². The number of carbonyl (C=O) groups is 2. The van der Waals surface area contributed by atoms with E-state index in [1.807, 2.05) is 54.6 Å². The number of anilines is 1. The van der Waals surface area contributed by atoms with Gasteiger partial charge in [-0.05, 0) is 48.7 Å². The maximum Gasteiger partial charge on any atom is 0.224 e. The SMILES string of the molecule is CC(=O)NCCCCCC(=O)Nc1cccc([C@@H]2O[C@H](CN(C)Cc3ccccc3)[C@H](C)[C@H](c3ccc(CO)cc3)O2)c1. The summed E-state index contributed by atoms with van der Waals surface area (Å²) in [5, 5.41) is 15.3. The summed E-state index contributed by atoms with van der Waals surface area (Å²) in [4.78, 5) is 25.9. The maximum absolute atomic E-state index is 12.6. The predicted molar refractivity (Wildman–Crippen MR) is 168 cm³/mol. The lowest BCUT2D eigenvalue weighted by molar-refractivity contribution is -0.276. The van der Waals surface area contributed by atoms with Crippen LogP contribution in [0.3, 0.4) is 0 Å². The summed E-state index contributed by atoms with van der Waals surface area (Å²) in [6, 6.07) is 26.0. The molecule has 0 unspecified atom stereocenters. The molecule has 1 fully saturated rings. The summed E-state index contributed by atoms with van der Waals surface area (Å²) in [6.45, 7) is 5.83. The molecule has 1 heterocycles. The van der Waals surface area contributed by atoms with E-state index in [0.717, 1.165) is 49.0 Å². The Bertz CT molecular complexity index is 1300. The number of carbonyl (C=O) groups excluding carboxylic acids is 2. The Morgan fingerprint density at radius 2 is 1.65 bits per heavy atom. The highest BCUT2D eigenvalue weighted by Gasteiger charge is 2.38. The van der Waals surface area contributed by atoms with Gasteiger partial charge in [-0.1, -0.05) is 80.1 Å². The van der Waals surface area contributed by atoms with Crippen LogP contribution in [0.2, 0.25) is 0 Å². The van der Waals surface area contributed by atoms with Crippen LogP contribution in [0.1, 0.15) is 74.2 Å². The first-order valence-electron chi connectivity index (χ1n) is 15.2. The van der Waals surface area contributed by atoms with Gasteiger partial charge in [0.15, 0.2) is 6.29 Å². The van der Waals surface area contributed by atoms with Crippen molar-refractivity contribution in [3.8, 4) is 0 Å². The molecule has 0 bridgehead atoms. The van der Waals surface area contributed by atoms with Gasteiger partial charge in [0, 0.05) is 50.1 Å². The molecule has 1 saturated heterocycles. The topological polar surface area (TPSA) is 100 Å². The zero-order chi connectivity index (χ0) is 30.6. The van der Waals surface area contributed by atoms with Crippen molar-refractivity contribution < 1.29 is 24.2 Å². The van der Waals surface area contributed by atoms with Gasteiger partial charge < -0.3 is 25.2 Å². The Labute approximate surface area is 255 Å². The largest absolute Gasteiger partial charge is 0.392 e. The zero-order valence-corrected chi connectivity index (χ0v) is 25.5. The second-order valence-electron chi connectivity index (χ2n) is 11.5. The lowest BCUT2D eigenvalue weighted by atomic mass is 9.90. The van der Waals surface area contributed by atoms with Gasteiger partial charge in [-0.3, -0.25) is 14.5 Å². The van der Waals surface area contributed by atoms with Gasteiger partial charge in [-0.25, -0.2) is 0 Å². The number of hydrogen-bond acceptors (Lipinski definition) is 6. The number of hydrogen-bond donors (Lipinski definition) is 3. The average molecular weight is 588 g/mol. The third-order valence-corrected chi connectivity index (χ3v) is 7.81. The molecule has 8 nitrogen and oxygen atoms in total. The number of benzene rings is 3. The predicted octanol–water partition coefficient (Wildman–Crippen LogP) is 5.74. The van der Waals surface area contributed by atoms with Crippen LogP contribution >= 0.6 is 0 Å². The zero-order valence-electron chi connectivity index (χ0n) is 25.5. The molecule has 8 heteroatoms. The van der Waals surface area contributed by atoms with Gasteiger partial charge >= 0.3 is 0 Å². The van der Waals surface area contributed by atoms with Crippen molar-refractivity contribution in [1.29, 1.82) is 0 Å². The van der Waals surface area contributed by atoms with Crippen molar-refractivity contribution in [3.63, 3.8) is 0 Å². The minimum Gasteiger partial charge on any atom is -0.392 e. The Morgan fingerprint density at radius 1 is 0.884 bits per heavy atom. The summed E-state index contributed by atoms with van der Waals surface area (Å²) in [6.07, 6.45) is 1.97. The quantitative estimate of drug-likeness (QED) is 0.208. The van der Waals surface area contributed by atoms with Crippen molar-refractivity contribution in [1.82, 2.24) is 10.2 Å². The van der Waals surface area contributed by atoms with Crippen molar-refractivity contribution in [2.45, 2.75) is 71.2 Å². The summed E-state index contributed by atoms with van der Waals surface area (Å²) in [5.74, 6) is -0.00418. The van der Waals surface area contributed by atoms with Crippen molar-refractivity contribution >= 4 is 17.5 Å². The summed E-state index contributed by atoms with van der Waals surface area (Å²) in [5.41, 5.74) is 4.68. The molecule has 0 aliphatic carbocycles. The monoisotopic (exact) mass is 587 g/mol. The molecule has 0 spiro atoms. The summed E-state index contributed by atoms with van der Waals surface area (Å²) >= 11 is 0. The van der Waals surface area contributed by atoms with Crippen LogP contribution in [-0.4, -0.2) is 48.1 Å². The highest BCUT2D eigenvalue weighted by Crippen LogP contribution is 2.42. The molecule has 4 atom stereocenters. The normalized spacial score (nSPS) is 20.1. The van der Waals surface area contributed by atoms with Gasteiger partial charge in [-0.2, -0.15) is 0 Å². The van der Waals surface area contributed by atoms with Crippen molar-refractivity contribution in [3.05, 3.63) is 101 Å². The first-order valence-corrected chi connectivity index (χ1v) is 15.2. The van der Waals surface area contributed by atoms with Crippen LogP contribution in [0.25, 0.3) is 0 Å². The number of amides is 2. The molecule has 0 aromatic heterocycles. The molecule has 0 radical (unpaired) electrons. The first-order chi connectivity index (χ1) is 20.8. The van der Waals surface area contributed by atoms with Gasteiger partial charge in [0.2, 0.25) is 11.8 Å². The Kier molecular flexibility index (Phi) is 12.3. The highest BCUT2D eigenvalue weighted by atomic mass is 16.7. The summed E-state index contributed by atoms with van der Waals surface area (Å²) < 4.78 is 13.2. The van der Waals surface area contributed by atoms with Crippen molar-refractivity contribution in [2.75, 3.05) is 25.5 Å². The van der Waals surface area contributed by atoms with Crippen LogP contribution in [0.5, 0.6) is 0 Å². The second kappa shape index (κ2) is 16.3. The maximum atomic E-state index is 12.6. The van der Waals surface area contributed by atoms with E-state index in [-0.39, 0.29) is 36.5 Å². The molecule has 0 saturated carbocycles. The van der Waals surface area contributed by atoms with Crippen LogP contribution in [0, 0.1) is 5.92 Å². The van der Waals surface area contributed by atoms with E-state index in [1.54, 1.807) is 0 Å². The third kappa shape index (κ3) is 10.0. The lowest BCUT2D eigenvalue weighted by Gasteiger charge is -2.42. The number of nitrogens with one attached hydrogen (secondary N) is 2. The molecule has 3 aromatic carbocycles. The molecule has 1 aliphatic rings. The van der Waals surface area contributed by atoms with E-state index in [4.69, 9.17) is 9.47 Å². The number of likely N-dealkylation sites (N-methyl/N-ethyl adjacent to an activating group) is 1. The first kappa shape index (κ1) is 32.4. The van der Waals surface area contributed by atoms with Crippen molar-refractivity contribution in [2.24, 2.45) is 5.92 Å². The van der Waals surface area contributed by atoms with Gasteiger partial charge in [0.1, 0.15) is 0 Å². The standard InChI is InChI=1S/C35H45N3O5/c1-25-32(23-38(3)22-27-11-6-4-7-12-27)42-35(43-34(25)29-18-16-28(24-39)17-19-29)30-13-10-14-31(21-30)37-33(41)15-8-5-9-20-36-26(2)40/h4,6-7,10-14,16-19,21,25,32,34-35,39H,5,8-9,15,20,22-24H2,1-3H3,(H,36,40)(H,37,41)/t25-,32+,34+,35+/m0/s1.